The summed E-state index contributed by atoms with van der Waals surface area (Å²) in [6, 6.07) is 78.4. The van der Waals surface area contributed by atoms with Crippen molar-refractivity contribution in [2.24, 2.45) is 0 Å². The number of hydrogen-bond acceptors (Lipinski definition) is 1. The van der Waals surface area contributed by atoms with Crippen LogP contribution in [-0.4, -0.2) is 19.6 Å². The average Bonchev–Trinajstić information content (AvgIpc) is 3.28. The van der Waals surface area contributed by atoms with Crippen LogP contribution in [-0.2, 0) is 24.1 Å². The summed E-state index contributed by atoms with van der Waals surface area (Å²) in [6.07, 6.45) is 5.06. The molecule has 1 radical (unpaired) electrons. The summed E-state index contributed by atoms with van der Waals surface area (Å²) >= 11 is 0. The zero-order valence-electron chi connectivity index (χ0n) is 33.2. The predicted molar refractivity (Wildman–Crippen MR) is 248 cm³/mol. The fraction of sp³-hybridized carbons (Fsp3) is 0.102. The summed E-state index contributed by atoms with van der Waals surface area (Å²) in [5.41, 5.74) is 0. The van der Waals surface area contributed by atoms with Gasteiger partial charge in [0.25, 0.3) is 0 Å². The van der Waals surface area contributed by atoms with Gasteiger partial charge in [0.1, 0.15) is 0 Å². The number of nitriles is 1. The molecule has 0 saturated heterocycles. The van der Waals surface area contributed by atoms with Gasteiger partial charge in [-0.3, -0.25) is 0 Å². The molecule has 7 aromatic rings. The molecule has 0 bridgehead atoms. The van der Waals surface area contributed by atoms with E-state index in [2.05, 4.69) is 219 Å². The summed E-state index contributed by atoms with van der Waals surface area (Å²) < 4.78 is 46.5. The number of hydrogen-bond donors (Lipinski definition) is 0. The zero-order chi connectivity index (χ0) is 42.6. The van der Waals surface area contributed by atoms with Crippen LogP contribution in [0.5, 0.6) is 0 Å². The van der Waals surface area contributed by atoms with Crippen molar-refractivity contribution in [1.82, 2.24) is 0 Å². The first kappa shape index (κ1) is 51.6. The maximum Gasteiger partial charge on any atom is 1.00 e. The van der Waals surface area contributed by atoms with E-state index in [1.807, 2.05) is 0 Å². The van der Waals surface area contributed by atoms with E-state index >= 15 is 0 Å². The van der Waals surface area contributed by atoms with E-state index in [1.54, 1.807) is 6.07 Å². The number of benzene rings is 7. The molecule has 0 heterocycles. The second kappa shape index (κ2) is 30.5. The molecule has 307 valence electrons. The van der Waals surface area contributed by atoms with Gasteiger partial charge in [-0.2, -0.15) is 5.26 Å². The van der Waals surface area contributed by atoms with Crippen LogP contribution in [0.1, 0.15) is 19.8 Å². The Kier molecular flexibility index (Phi) is 26.2. The molecular weight excluding hydrogens is 899 g/mol. The molecule has 11 heteroatoms. The van der Waals surface area contributed by atoms with E-state index in [0.717, 1.165) is 0 Å². The molecule has 2 nitrogen and oxygen atoms in total. The Balaban J connectivity index is 0.000000353. The predicted octanol–water partition coefficient (Wildman–Crippen LogP) is 11.3. The van der Waals surface area contributed by atoms with Gasteiger partial charge >= 0.3 is 38.0 Å². The van der Waals surface area contributed by atoms with Gasteiger partial charge in [-0.15, -0.1) is 0 Å². The van der Waals surface area contributed by atoms with Crippen molar-refractivity contribution < 1.29 is 41.4 Å². The summed E-state index contributed by atoms with van der Waals surface area (Å²) in [4.78, 5) is 0. The van der Waals surface area contributed by atoms with Gasteiger partial charge in [-0.1, -0.05) is 212 Å². The molecule has 7 rings (SSSR count). The van der Waals surface area contributed by atoms with Crippen LogP contribution in [0.4, 0.5) is 17.3 Å². The first-order chi connectivity index (χ1) is 28.8. The van der Waals surface area contributed by atoms with Crippen LogP contribution in [0, 0.1) is 18.0 Å². The Hall–Kier alpha value is -4.53. The minimum Gasteiger partial charge on any atom is -0.0622 e. The van der Waals surface area contributed by atoms with E-state index in [4.69, 9.17) is 9.91 Å². The Morgan fingerprint density at radius 1 is 0.417 bits per heavy atom. The molecule has 0 N–H and O–H groups in total. The van der Waals surface area contributed by atoms with Crippen LogP contribution in [0.25, 0.3) is 0 Å². The van der Waals surface area contributed by atoms with Gasteiger partial charge in [0, 0.05) is 6.92 Å². The normalized spacial score (nSPS) is 10.1. The summed E-state index contributed by atoms with van der Waals surface area (Å²) in [5, 5.41) is 17.5. The molecule has 0 unspecified atom stereocenters. The smallest absolute Gasteiger partial charge is 0.0622 e. The van der Waals surface area contributed by atoms with Crippen molar-refractivity contribution in [1.29, 1.82) is 5.26 Å². The maximum absolute atomic E-state index is 9.75. The fourth-order valence-electron chi connectivity index (χ4n) is 5.96. The Bertz CT molecular complexity index is 1910. The van der Waals surface area contributed by atoms with Crippen molar-refractivity contribution in [3.63, 3.8) is 0 Å². The zero-order valence-corrected chi connectivity index (χ0v) is 37.6. The average molecular weight is 946 g/mol. The van der Waals surface area contributed by atoms with Crippen LogP contribution < -0.4 is 37.1 Å². The summed E-state index contributed by atoms with van der Waals surface area (Å²) in [6.45, 7) is 5.93. The molecule has 7 aromatic carbocycles. The first-order valence-electron chi connectivity index (χ1n) is 18.9. The van der Waals surface area contributed by atoms with Crippen LogP contribution in [0.3, 0.4) is 0 Å². The van der Waals surface area contributed by atoms with Gasteiger partial charge in [-0.25, -0.2) is 0 Å². The van der Waals surface area contributed by atoms with Crippen molar-refractivity contribution in [3.05, 3.63) is 219 Å². The van der Waals surface area contributed by atoms with Crippen molar-refractivity contribution >= 4 is 68.2 Å². The number of rotatable bonds is 12. The molecule has 0 aromatic heterocycles. The van der Waals surface area contributed by atoms with Crippen LogP contribution in [0.2, 0.25) is 0 Å². The van der Waals surface area contributed by atoms with Crippen molar-refractivity contribution in [2.75, 3.05) is 12.3 Å². The molecule has 0 fully saturated rings. The largest absolute Gasteiger partial charge is 1.00 e. The molecule has 0 amide bonds. The second-order valence-corrected chi connectivity index (χ2v) is 19.3. The Morgan fingerprint density at radius 3 is 0.733 bits per heavy atom. The first-order valence-corrected chi connectivity index (χ1v) is 23.3. The van der Waals surface area contributed by atoms with E-state index in [0.29, 0.717) is 0 Å². The van der Waals surface area contributed by atoms with Gasteiger partial charge in [0.05, 0.1) is 6.07 Å². The minimum atomic E-state index is -6.00. The third kappa shape index (κ3) is 19.7. The van der Waals surface area contributed by atoms with Gasteiger partial charge in [0.15, 0.2) is 0 Å². The Morgan fingerprint density at radius 2 is 0.567 bits per heavy atom. The molecule has 0 aliphatic heterocycles. The minimum absolute atomic E-state index is 0. The van der Waals surface area contributed by atoms with Gasteiger partial charge in [0.2, 0.25) is 0 Å². The topological polar surface area (TPSA) is 43.7 Å². The molecule has 60 heavy (non-hydrogen) atoms. The van der Waals surface area contributed by atoms with Crippen molar-refractivity contribution in [3.8, 4) is 6.07 Å². The van der Waals surface area contributed by atoms with Crippen LogP contribution in [0.15, 0.2) is 212 Å². The second-order valence-electron chi connectivity index (χ2n) is 12.4. The van der Waals surface area contributed by atoms with E-state index in [-0.39, 0.29) is 35.3 Å². The standard InChI is InChI=1S/C28H28P2.C18H15P.C2H3N.CO.BF4.Ru/c1-5-15-25(16-6-1)29(26-17-7-2-8-18-26)23-13-14-24-30(27-19-9-3-10-20-27)28-21-11-4-12-22-28;1-4-10-16(11-5-1)19(17-12-6-2-7-13-17)18-14-8-3-9-15-18;1-2-3;1-2;2-1(3,4)5;/h1-12,15-22H,13-14,23-24H2;1-15H;1H3;;;/q;;;;-1;+1. The van der Waals surface area contributed by atoms with Gasteiger partial charge < -0.3 is 17.3 Å². The number of halogens is 4. The van der Waals surface area contributed by atoms with E-state index in [1.165, 1.54) is 69.2 Å². The molecule has 0 aliphatic carbocycles. The maximum atomic E-state index is 9.75. The van der Waals surface area contributed by atoms with Gasteiger partial charge in [-0.05, 0) is 86.1 Å². The molecule has 0 atom stereocenters. The fourth-order valence-corrected chi connectivity index (χ4v) is 13.1. The van der Waals surface area contributed by atoms with E-state index < -0.39 is 15.2 Å². The van der Waals surface area contributed by atoms with E-state index in [9.17, 15) is 17.3 Å². The Labute approximate surface area is 370 Å². The molecule has 0 saturated carbocycles. The van der Waals surface area contributed by atoms with Crippen molar-refractivity contribution in [2.45, 2.75) is 19.8 Å². The summed E-state index contributed by atoms with van der Waals surface area (Å²) in [7, 11) is -7.01. The third-order valence-corrected chi connectivity index (χ3v) is 16.0. The van der Waals surface area contributed by atoms with Crippen LogP contribution >= 0.6 is 23.8 Å². The molecular formula is C49H46BF4NOP3Ru. The molecule has 0 spiro atoms. The molecule has 0 aliphatic rings. The number of unbranched alkanes of at least 4 members (excludes halogenated alkanes) is 1. The monoisotopic (exact) mass is 946 g/mol. The summed E-state index contributed by atoms with van der Waals surface area (Å²) in [5.74, 6) is 0. The number of nitrogens with zero attached hydrogens (tertiary/aromatic N) is 1. The quantitative estimate of drug-likeness (QED) is 0.0301. The third-order valence-electron chi connectivity index (χ3n) is 8.33. The SMILES string of the molecule is CC#N.F[B-](F)(F)F.[C-]#[O+].[Ru+].c1ccc(P(CCCCP(c2ccccc2)c2ccccc2)c2ccccc2)cc1.c1ccc(P(c2ccccc2)c2ccccc2)cc1.